The Bertz CT molecular complexity index is 1350. The van der Waals surface area contributed by atoms with Crippen LogP contribution in [0.4, 0.5) is 0 Å². The molecule has 2 aromatic rings. The molecule has 1 aliphatic heterocycles. The average Bonchev–Trinajstić information content (AvgIpc) is 2.94. The molecule has 0 bridgehead atoms. The summed E-state index contributed by atoms with van der Waals surface area (Å²) < 4.78 is 21.8. The Balaban J connectivity index is 1.84. The Morgan fingerprint density at radius 3 is 2.49 bits per heavy atom. The van der Waals surface area contributed by atoms with Crippen LogP contribution in [0.25, 0.3) is 0 Å². The molecule has 220 valence electrons. The van der Waals surface area contributed by atoms with Gasteiger partial charge in [-0.2, -0.15) is 0 Å². The van der Waals surface area contributed by atoms with Crippen LogP contribution >= 0.6 is 23.2 Å². The van der Waals surface area contributed by atoms with Gasteiger partial charge in [0.05, 0.1) is 22.4 Å². The van der Waals surface area contributed by atoms with Gasteiger partial charge in [-0.15, -0.1) is 0 Å². The fourth-order valence-corrected chi connectivity index (χ4v) is 4.43. The Labute approximate surface area is 246 Å². The highest BCUT2D eigenvalue weighted by molar-refractivity contribution is 6.36. The molecular weight excluding hydrogens is 579 g/mol. The largest absolute Gasteiger partial charge is 0.463 e. The molecule has 0 radical (unpaired) electrons. The number of hydrogen-bond acceptors (Lipinski definition) is 10. The number of nitrogens with zero attached hydrogens (tertiary/aromatic N) is 1. The number of carbonyl (C=O) groups is 5. The molecule has 2 heterocycles. The first-order valence-electron chi connectivity index (χ1n) is 12.8. The fraction of sp³-hybridized carbons (Fsp3) is 0.429. The number of aromatic nitrogens is 1. The first-order valence-corrected chi connectivity index (χ1v) is 13.6. The van der Waals surface area contributed by atoms with E-state index in [9.17, 15) is 24.0 Å². The van der Waals surface area contributed by atoms with Crippen molar-refractivity contribution in [2.45, 2.75) is 59.3 Å². The van der Waals surface area contributed by atoms with Crippen molar-refractivity contribution in [1.29, 1.82) is 0 Å². The summed E-state index contributed by atoms with van der Waals surface area (Å²) in [6.45, 7) is 7.49. The van der Waals surface area contributed by atoms with Crippen LogP contribution in [0.1, 0.15) is 60.5 Å². The normalized spacial score (nSPS) is 21.1. The Hall–Kier alpha value is -3.70. The minimum atomic E-state index is -1.44. The van der Waals surface area contributed by atoms with Gasteiger partial charge in [-0.1, -0.05) is 44.0 Å². The van der Waals surface area contributed by atoms with Crippen LogP contribution in [0.15, 0.2) is 30.5 Å². The minimum Gasteiger partial charge on any atom is -0.463 e. The van der Waals surface area contributed by atoms with E-state index in [-0.39, 0.29) is 28.5 Å². The van der Waals surface area contributed by atoms with Crippen LogP contribution in [0.5, 0.6) is 5.75 Å². The lowest BCUT2D eigenvalue weighted by atomic mass is 9.95. The van der Waals surface area contributed by atoms with Crippen LogP contribution in [0.3, 0.4) is 0 Å². The van der Waals surface area contributed by atoms with Gasteiger partial charge in [0.25, 0.3) is 5.91 Å². The van der Waals surface area contributed by atoms with Gasteiger partial charge in [-0.3, -0.25) is 14.4 Å². The lowest BCUT2D eigenvalue weighted by Crippen LogP contribution is -2.47. The number of cyclic esters (lactones) is 2. The molecule has 0 saturated carbocycles. The number of carbonyl (C=O) groups excluding carboxylic acids is 5. The number of esters is 4. The van der Waals surface area contributed by atoms with E-state index in [1.807, 2.05) is 0 Å². The smallest absolute Gasteiger partial charge is 0.345 e. The molecule has 1 N–H and O–H groups in total. The van der Waals surface area contributed by atoms with Crippen molar-refractivity contribution in [2.24, 2.45) is 11.8 Å². The van der Waals surface area contributed by atoms with Crippen molar-refractivity contribution in [3.8, 4) is 5.75 Å². The summed E-state index contributed by atoms with van der Waals surface area (Å²) in [5, 5.41) is 2.79. The van der Waals surface area contributed by atoms with Gasteiger partial charge in [0.1, 0.15) is 12.7 Å². The molecule has 3 rings (SSSR count). The van der Waals surface area contributed by atoms with Gasteiger partial charge in [0.15, 0.2) is 23.6 Å². The van der Waals surface area contributed by atoms with Crippen molar-refractivity contribution >= 4 is 53.0 Å². The predicted octanol–water partition coefficient (Wildman–Crippen LogP) is 4.10. The standard InChI is InChI=1S/C28H30Cl2N2O9/c1-6-17-23(41-25(34)13(2)3)15(5)39-28(37)20(12-38-26(17)35)32-24(33)21-22(14(4)9-10-31-21)40-27(36)18-8-7-16(29)11-19(18)30/h7-11,13,15,17,20,23H,6,12H2,1-5H3,(H,32,33). The number of aryl methyl sites for hydroxylation is 1. The summed E-state index contributed by atoms with van der Waals surface area (Å²) >= 11 is 12.0. The minimum absolute atomic E-state index is 0.00428. The number of benzene rings is 1. The molecule has 1 fully saturated rings. The van der Waals surface area contributed by atoms with E-state index in [0.29, 0.717) is 10.6 Å². The molecule has 4 atom stereocenters. The van der Waals surface area contributed by atoms with Crippen LogP contribution in [-0.2, 0) is 28.6 Å². The van der Waals surface area contributed by atoms with Crippen LogP contribution < -0.4 is 10.1 Å². The lowest BCUT2D eigenvalue weighted by Gasteiger charge is -2.29. The summed E-state index contributed by atoms with van der Waals surface area (Å²) in [4.78, 5) is 68.4. The molecule has 1 saturated heterocycles. The third-order valence-electron chi connectivity index (χ3n) is 6.27. The van der Waals surface area contributed by atoms with E-state index in [4.69, 9.17) is 42.1 Å². The predicted molar refractivity (Wildman–Crippen MR) is 147 cm³/mol. The maximum Gasteiger partial charge on any atom is 0.345 e. The maximum absolute atomic E-state index is 13.3. The second kappa shape index (κ2) is 13.8. The molecule has 4 unspecified atom stereocenters. The maximum atomic E-state index is 13.3. The van der Waals surface area contributed by atoms with Gasteiger partial charge in [0, 0.05) is 11.2 Å². The van der Waals surface area contributed by atoms with Crippen LogP contribution in [0, 0.1) is 18.8 Å². The molecule has 1 amide bonds. The topological polar surface area (TPSA) is 147 Å². The molecule has 0 aliphatic carbocycles. The third-order valence-corrected chi connectivity index (χ3v) is 6.82. The lowest BCUT2D eigenvalue weighted by molar-refractivity contribution is -0.176. The van der Waals surface area contributed by atoms with Gasteiger partial charge in [0.2, 0.25) is 0 Å². The summed E-state index contributed by atoms with van der Waals surface area (Å²) in [5.74, 6) is -5.55. The van der Waals surface area contributed by atoms with E-state index in [2.05, 4.69) is 10.3 Å². The Morgan fingerprint density at radius 1 is 1.15 bits per heavy atom. The summed E-state index contributed by atoms with van der Waals surface area (Å²) in [6, 6.07) is 4.27. The second-order valence-corrected chi connectivity index (χ2v) is 10.5. The molecule has 1 aromatic heterocycles. The Kier molecular flexibility index (Phi) is 10.7. The summed E-state index contributed by atoms with van der Waals surface area (Å²) in [7, 11) is 0. The number of nitrogens with one attached hydrogen (secondary N) is 1. The van der Waals surface area contributed by atoms with Crippen molar-refractivity contribution in [2.75, 3.05) is 6.61 Å². The molecule has 41 heavy (non-hydrogen) atoms. The molecule has 13 heteroatoms. The second-order valence-electron chi connectivity index (χ2n) is 9.69. The first kappa shape index (κ1) is 31.8. The van der Waals surface area contributed by atoms with Crippen molar-refractivity contribution < 1.29 is 42.9 Å². The molecule has 11 nitrogen and oxygen atoms in total. The van der Waals surface area contributed by atoms with Crippen LogP contribution in [-0.4, -0.2) is 59.6 Å². The highest BCUT2D eigenvalue weighted by Gasteiger charge is 2.41. The number of ether oxygens (including phenoxy) is 4. The zero-order valence-corrected chi connectivity index (χ0v) is 24.6. The highest BCUT2D eigenvalue weighted by atomic mass is 35.5. The van der Waals surface area contributed by atoms with Gasteiger partial charge >= 0.3 is 23.9 Å². The average molecular weight is 609 g/mol. The van der Waals surface area contributed by atoms with E-state index >= 15 is 0 Å². The third kappa shape index (κ3) is 7.74. The number of amides is 1. The van der Waals surface area contributed by atoms with Crippen molar-refractivity contribution in [3.63, 3.8) is 0 Å². The summed E-state index contributed by atoms with van der Waals surface area (Å²) in [5.41, 5.74) is 0.0801. The molecule has 1 aliphatic rings. The zero-order valence-electron chi connectivity index (χ0n) is 23.1. The van der Waals surface area contributed by atoms with E-state index < -0.39 is 66.5 Å². The molecule has 1 aromatic carbocycles. The number of rotatable bonds is 7. The van der Waals surface area contributed by atoms with Crippen molar-refractivity contribution in [3.05, 3.63) is 57.3 Å². The van der Waals surface area contributed by atoms with Gasteiger partial charge in [-0.25, -0.2) is 14.6 Å². The number of halogens is 2. The number of pyridine rings is 1. The fourth-order valence-electron chi connectivity index (χ4n) is 3.95. The van der Waals surface area contributed by atoms with Gasteiger partial charge in [-0.05, 0) is 50.1 Å². The SMILES string of the molecule is CCC1C(=O)OCC(NC(=O)c2nccc(C)c2OC(=O)c2ccc(Cl)cc2Cl)C(=O)OC(C)C1OC(=O)C(C)C. The molecular formula is C28H30Cl2N2O9. The van der Waals surface area contributed by atoms with Crippen LogP contribution in [0.2, 0.25) is 10.0 Å². The monoisotopic (exact) mass is 608 g/mol. The van der Waals surface area contributed by atoms with Crippen molar-refractivity contribution in [1.82, 2.24) is 10.3 Å². The van der Waals surface area contributed by atoms with E-state index in [0.717, 1.165) is 0 Å². The summed E-state index contributed by atoms with van der Waals surface area (Å²) in [6.07, 6.45) is -0.560. The zero-order chi connectivity index (χ0) is 30.4. The Morgan fingerprint density at radius 2 is 1.85 bits per heavy atom. The number of hydrogen-bond donors (Lipinski definition) is 1. The highest BCUT2D eigenvalue weighted by Crippen LogP contribution is 2.27. The van der Waals surface area contributed by atoms with Gasteiger partial charge < -0.3 is 24.3 Å². The van der Waals surface area contributed by atoms with E-state index in [1.54, 1.807) is 27.7 Å². The molecule has 0 spiro atoms. The first-order chi connectivity index (χ1) is 19.3. The van der Waals surface area contributed by atoms with E-state index in [1.165, 1.54) is 37.4 Å². The quantitative estimate of drug-likeness (QED) is 0.360.